The van der Waals surface area contributed by atoms with Crippen LogP contribution in [0.15, 0.2) is 24.3 Å². The minimum absolute atomic E-state index is 0.0463. The van der Waals surface area contributed by atoms with Gasteiger partial charge in [0, 0.05) is 12.1 Å². The highest BCUT2D eigenvalue weighted by atomic mass is 16.5. The summed E-state index contributed by atoms with van der Waals surface area (Å²) in [6.07, 6.45) is 1.51. The number of amides is 1. The number of nitrogens with zero attached hydrogens (tertiary/aromatic N) is 1. The maximum Gasteiger partial charge on any atom is 0.328 e. The second-order valence-corrected chi connectivity index (χ2v) is 5.37. The summed E-state index contributed by atoms with van der Waals surface area (Å²) < 4.78 is 10.4. The molecule has 0 bridgehead atoms. The number of carbonyl (C=O) groups excluding carboxylic acids is 2. The Bertz CT molecular complexity index is 527. The molecule has 1 atom stereocenters. The Morgan fingerprint density at radius 3 is 2.76 bits per heavy atom. The van der Waals surface area contributed by atoms with Gasteiger partial charge in [0.25, 0.3) is 5.91 Å². The van der Waals surface area contributed by atoms with E-state index >= 15 is 0 Å². The second kappa shape index (κ2) is 6.61. The van der Waals surface area contributed by atoms with Crippen molar-refractivity contribution in [2.24, 2.45) is 0 Å². The van der Waals surface area contributed by atoms with Crippen LogP contribution in [0.25, 0.3) is 0 Å². The Morgan fingerprint density at radius 2 is 2.10 bits per heavy atom. The van der Waals surface area contributed by atoms with Crippen molar-refractivity contribution in [2.75, 3.05) is 13.7 Å². The summed E-state index contributed by atoms with van der Waals surface area (Å²) in [7, 11) is 1.35. The van der Waals surface area contributed by atoms with Gasteiger partial charge in [-0.25, -0.2) is 4.79 Å². The monoisotopic (exact) mass is 291 g/mol. The molecule has 1 unspecified atom stereocenters. The van der Waals surface area contributed by atoms with Crippen LogP contribution in [0.2, 0.25) is 0 Å². The van der Waals surface area contributed by atoms with Crippen molar-refractivity contribution in [1.29, 1.82) is 0 Å². The fraction of sp³-hybridized carbons (Fsp3) is 0.500. The molecule has 0 N–H and O–H groups in total. The first-order valence-corrected chi connectivity index (χ1v) is 7.18. The van der Waals surface area contributed by atoms with E-state index in [9.17, 15) is 9.59 Å². The van der Waals surface area contributed by atoms with Crippen LogP contribution in [-0.4, -0.2) is 42.6 Å². The number of hydrogen-bond acceptors (Lipinski definition) is 4. The van der Waals surface area contributed by atoms with Gasteiger partial charge < -0.3 is 14.4 Å². The van der Waals surface area contributed by atoms with Gasteiger partial charge in [-0.15, -0.1) is 0 Å². The van der Waals surface area contributed by atoms with Gasteiger partial charge in [0.2, 0.25) is 0 Å². The van der Waals surface area contributed by atoms with Gasteiger partial charge >= 0.3 is 5.97 Å². The predicted molar refractivity (Wildman–Crippen MR) is 78.3 cm³/mol. The summed E-state index contributed by atoms with van der Waals surface area (Å²) in [4.78, 5) is 25.9. The molecule has 0 spiro atoms. The zero-order valence-electron chi connectivity index (χ0n) is 12.7. The smallest absolute Gasteiger partial charge is 0.328 e. The van der Waals surface area contributed by atoms with Gasteiger partial charge in [-0.1, -0.05) is 6.07 Å². The SMILES string of the molecule is COC(=O)C1CCCN1C(=O)c1cccc(OC(C)C)c1. The van der Waals surface area contributed by atoms with E-state index in [0.717, 1.165) is 6.42 Å². The summed E-state index contributed by atoms with van der Waals surface area (Å²) >= 11 is 0. The normalized spacial score (nSPS) is 17.9. The Labute approximate surface area is 124 Å². The molecule has 0 radical (unpaired) electrons. The average Bonchev–Trinajstić information content (AvgIpc) is 2.94. The highest BCUT2D eigenvalue weighted by molar-refractivity contribution is 5.97. The van der Waals surface area contributed by atoms with Crippen molar-refractivity contribution < 1.29 is 19.1 Å². The lowest BCUT2D eigenvalue weighted by molar-refractivity contribution is -0.145. The Balaban J connectivity index is 2.17. The molecule has 5 nitrogen and oxygen atoms in total. The first kappa shape index (κ1) is 15.4. The first-order chi connectivity index (χ1) is 10.0. The van der Waals surface area contributed by atoms with Crippen molar-refractivity contribution in [1.82, 2.24) is 4.90 Å². The number of hydrogen-bond donors (Lipinski definition) is 0. The van der Waals surface area contributed by atoms with Crippen LogP contribution in [0.1, 0.15) is 37.0 Å². The number of likely N-dealkylation sites (tertiary alicyclic amines) is 1. The van der Waals surface area contributed by atoms with E-state index in [1.807, 2.05) is 19.9 Å². The number of methoxy groups -OCH3 is 1. The molecule has 21 heavy (non-hydrogen) atoms. The van der Waals surface area contributed by atoms with Crippen LogP contribution in [-0.2, 0) is 9.53 Å². The molecule has 1 aliphatic heterocycles. The Morgan fingerprint density at radius 1 is 1.33 bits per heavy atom. The quantitative estimate of drug-likeness (QED) is 0.798. The lowest BCUT2D eigenvalue weighted by Gasteiger charge is -2.23. The minimum atomic E-state index is -0.475. The van der Waals surface area contributed by atoms with Crippen LogP contribution >= 0.6 is 0 Å². The first-order valence-electron chi connectivity index (χ1n) is 7.18. The highest BCUT2D eigenvalue weighted by Crippen LogP contribution is 2.23. The van der Waals surface area contributed by atoms with Crippen molar-refractivity contribution in [3.8, 4) is 5.75 Å². The molecule has 1 fully saturated rings. The Hall–Kier alpha value is -2.04. The molecule has 5 heteroatoms. The summed E-state index contributed by atoms with van der Waals surface area (Å²) in [5, 5.41) is 0. The molecule has 2 rings (SSSR count). The lowest BCUT2D eigenvalue weighted by atomic mass is 10.1. The van der Waals surface area contributed by atoms with Crippen LogP contribution in [0.3, 0.4) is 0 Å². The molecule has 1 aromatic rings. The number of rotatable bonds is 4. The van der Waals surface area contributed by atoms with E-state index in [-0.39, 0.29) is 18.0 Å². The fourth-order valence-corrected chi connectivity index (χ4v) is 2.53. The summed E-state index contributed by atoms with van der Waals surface area (Å²) in [5.41, 5.74) is 0.531. The van der Waals surface area contributed by atoms with Crippen molar-refractivity contribution >= 4 is 11.9 Å². The molecule has 1 saturated heterocycles. The average molecular weight is 291 g/mol. The molecular weight excluding hydrogens is 270 g/mol. The molecule has 0 aliphatic carbocycles. The van der Waals surface area contributed by atoms with Gasteiger partial charge in [-0.2, -0.15) is 0 Å². The number of carbonyl (C=O) groups is 2. The maximum absolute atomic E-state index is 12.6. The molecule has 0 saturated carbocycles. The van der Waals surface area contributed by atoms with Crippen LogP contribution in [0, 0.1) is 0 Å². The molecule has 1 aliphatic rings. The molecule has 1 aromatic carbocycles. The van der Waals surface area contributed by atoms with E-state index in [1.54, 1.807) is 23.1 Å². The maximum atomic E-state index is 12.6. The number of ether oxygens (including phenoxy) is 2. The van der Waals surface area contributed by atoms with Gasteiger partial charge in [0.05, 0.1) is 13.2 Å². The summed E-state index contributed by atoms with van der Waals surface area (Å²) in [5.74, 6) is 0.150. The highest BCUT2D eigenvalue weighted by Gasteiger charge is 2.35. The van der Waals surface area contributed by atoms with Crippen LogP contribution < -0.4 is 4.74 Å². The topological polar surface area (TPSA) is 55.8 Å². The lowest BCUT2D eigenvalue weighted by Crippen LogP contribution is -2.41. The van der Waals surface area contributed by atoms with E-state index in [4.69, 9.17) is 9.47 Å². The van der Waals surface area contributed by atoms with Crippen molar-refractivity contribution in [3.05, 3.63) is 29.8 Å². The molecule has 1 heterocycles. The molecule has 114 valence electrons. The van der Waals surface area contributed by atoms with Gasteiger partial charge in [0.15, 0.2) is 0 Å². The fourth-order valence-electron chi connectivity index (χ4n) is 2.53. The molecule has 0 aromatic heterocycles. The predicted octanol–water partition coefficient (Wildman–Crippen LogP) is 2.25. The summed E-state index contributed by atoms with van der Waals surface area (Å²) in [6.45, 7) is 4.44. The third-order valence-electron chi connectivity index (χ3n) is 3.44. The Kier molecular flexibility index (Phi) is 4.83. The zero-order valence-corrected chi connectivity index (χ0v) is 12.7. The standard InChI is InChI=1S/C16H21NO4/c1-11(2)21-13-7-4-6-12(10-13)15(18)17-9-5-8-14(17)16(19)20-3/h4,6-7,10-11,14H,5,8-9H2,1-3H3. The van der Waals surface area contributed by atoms with Crippen molar-refractivity contribution in [2.45, 2.75) is 38.8 Å². The van der Waals surface area contributed by atoms with Crippen molar-refractivity contribution in [3.63, 3.8) is 0 Å². The number of benzene rings is 1. The molecular formula is C16H21NO4. The largest absolute Gasteiger partial charge is 0.491 e. The van der Waals surface area contributed by atoms with Crippen LogP contribution in [0.4, 0.5) is 0 Å². The van der Waals surface area contributed by atoms with E-state index in [0.29, 0.717) is 24.3 Å². The van der Waals surface area contributed by atoms with Crippen LogP contribution in [0.5, 0.6) is 5.75 Å². The zero-order chi connectivity index (χ0) is 15.4. The van der Waals surface area contributed by atoms with E-state index in [2.05, 4.69) is 0 Å². The third-order valence-corrected chi connectivity index (χ3v) is 3.44. The molecule has 1 amide bonds. The second-order valence-electron chi connectivity index (χ2n) is 5.37. The van der Waals surface area contributed by atoms with E-state index < -0.39 is 6.04 Å². The van der Waals surface area contributed by atoms with Gasteiger partial charge in [0.1, 0.15) is 11.8 Å². The number of esters is 1. The third kappa shape index (κ3) is 3.54. The van der Waals surface area contributed by atoms with Gasteiger partial charge in [-0.05, 0) is 44.9 Å². The van der Waals surface area contributed by atoms with E-state index in [1.165, 1.54) is 7.11 Å². The summed E-state index contributed by atoms with van der Waals surface area (Å²) in [6, 6.07) is 6.58. The minimum Gasteiger partial charge on any atom is -0.491 e. The van der Waals surface area contributed by atoms with Gasteiger partial charge in [-0.3, -0.25) is 4.79 Å².